The number of hydrogen-bond donors (Lipinski definition) is 1. The maximum atomic E-state index is 10.7. The quantitative estimate of drug-likeness (QED) is 0.386. The summed E-state index contributed by atoms with van der Waals surface area (Å²) in [4.78, 5) is 10.7. The molecule has 0 bridgehead atoms. The molecule has 25 heavy (non-hydrogen) atoms. The Kier molecular flexibility index (Phi) is 10.9. The maximum Gasteiger partial charge on any atom is 0.125 e. The first-order chi connectivity index (χ1) is 12.1. The van der Waals surface area contributed by atoms with Gasteiger partial charge in [-0.25, -0.2) is 0 Å². The van der Waals surface area contributed by atoms with Crippen LogP contribution >= 0.6 is 0 Å². The van der Waals surface area contributed by atoms with E-state index in [1.165, 1.54) is 0 Å². The Morgan fingerprint density at radius 2 is 1.40 bits per heavy atom. The molecular weight excluding hydrogens is 322 g/mol. The van der Waals surface area contributed by atoms with Crippen molar-refractivity contribution in [3.8, 4) is 5.75 Å². The van der Waals surface area contributed by atoms with Crippen LogP contribution < -0.4 is 10.1 Å². The first kappa shape index (κ1) is 21.4. The van der Waals surface area contributed by atoms with E-state index in [0.717, 1.165) is 24.1 Å². The fourth-order valence-electron chi connectivity index (χ4n) is 1.87. The van der Waals surface area contributed by atoms with Crippen molar-refractivity contribution in [3.63, 3.8) is 0 Å². The van der Waals surface area contributed by atoms with Crippen LogP contribution in [0, 0.1) is 5.41 Å². The molecule has 0 spiro atoms. The minimum atomic E-state index is -0.314. The van der Waals surface area contributed by atoms with Gasteiger partial charge in [-0.15, -0.1) is 0 Å². The Bertz CT molecular complexity index is 461. The second-order valence-electron chi connectivity index (χ2n) is 6.32. The third kappa shape index (κ3) is 10.8. The fourth-order valence-corrected chi connectivity index (χ4v) is 1.87. The molecule has 0 radical (unpaired) electrons. The number of hydrogen-bond acceptors (Lipinski definition) is 6. The third-order valence-corrected chi connectivity index (χ3v) is 3.59. The molecule has 0 atom stereocenters. The van der Waals surface area contributed by atoms with Crippen molar-refractivity contribution in [2.24, 2.45) is 5.41 Å². The molecule has 142 valence electrons. The van der Waals surface area contributed by atoms with E-state index in [2.05, 4.69) is 5.32 Å². The predicted molar refractivity (Wildman–Crippen MR) is 98.4 cm³/mol. The molecule has 0 aliphatic rings. The Morgan fingerprint density at radius 1 is 0.880 bits per heavy atom. The fraction of sp³-hybridized carbons (Fsp3) is 0.632. The van der Waals surface area contributed by atoms with Gasteiger partial charge >= 0.3 is 0 Å². The molecule has 0 saturated carbocycles. The minimum Gasteiger partial charge on any atom is -0.491 e. The second kappa shape index (κ2) is 12.7. The zero-order valence-corrected chi connectivity index (χ0v) is 15.6. The second-order valence-corrected chi connectivity index (χ2v) is 6.32. The summed E-state index contributed by atoms with van der Waals surface area (Å²) >= 11 is 0. The summed E-state index contributed by atoms with van der Waals surface area (Å²) in [5, 5.41) is 3.06. The monoisotopic (exact) mass is 353 g/mol. The molecule has 6 heteroatoms. The highest BCUT2D eigenvalue weighted by Gasteiger charge is 2.15. The number of carbonyl (C=O) groups excluding carboxylic acids is 1. The molecule has 6 nitrogen and oxygen atoms in total. The van der Waals surface area contributed by atoms with Gasteiger partial charge in [0.15, 0.2) is 0 Å². The number of ether oxygens (including phenoxy) is 4. The average Bonchev–Trinajstić information content (AvgIpc) is 2.63. The standard InChI is InChI=1S/C19H31NO5/c1-19(2,16-21)8-9-22-10-11-23-12-13-24-14-15-25-18-6-4-17(20-3)5-7-18/h4-7,16,20H,8-15H2,1-3H3. The number of nitrogens with one attached hydrogen (secondary N) is 1. The summed E-state index contributed by atoms with van der Waals surface area (Å²) in [5.41, 5.74) is 0.739. The molecule has 0 aliphatic carbocycles. The van der Waals surface area contributed by atoms with Gasteiger partial charge in [-0.1, -0.05) is 13.8 Å². The molecule has 0 aromatic heterocycles. The van der Waals surface area contributed by atoms with Crippen molar-refractivity contribution < 1.29 is 23.7 Å². The van der Waals surface area contributed by atoms with Crippen LogP contribution in [0.4, 0.5) is 5.69 Å². The first-order valence-corrected chi connectivity index (χ1v) is 8.67. The molecule has 0 aliphatic heterocycles. The van der Waals surface area contributed by atoms with Gasteiger partial charge in [0.1, 0.15) is 18.6 Å². The summed E-state index contributed by atoms with van der Waals surface area (Å²) in [5.74, 6) is 0.828. The van der Waals surface area contributed by atoms with Gasteiger partial charge in [0.25, 0.3) is 0 Å². The van der Waals surface area contributed by atoms with E-state index in [9.17, 15) is 4.79 Å². The van der Waals surface area contributed by atoms with E-state index in [0.29, 0.717) is 46.2 Å². The van der Waals surface area contributed by atoms with Gasteiger partial charge in [0, 0.05) is 24.8 Å². The molecule has 0 heterocycles. The van der Waals surface area contributed by atoms with Crippen molar-refractivity contribution in [2.45, 2.75) is 20.3 Å². The van der Waals surface area contributed by atoms with E-state index in [4.69, 9.17) is 18.9 Å². The molecule has 0 amide bonds. The van der Waals surface area contributed by atoms with Gasteiger partial charge in [0.2, 0.25) is 0 Å². The van der Waals surface area contributed by atoms with Crippen molar-refractivity contribution in [3.05, 3.63) is 24.3 Å². The van der Waals surface area contributed by atoms with Gasteiger partial charge < -0.3 is 29.1 Å². The lowest BCUT2D eigenvalue weighted by atomic mass is 9.92. The largest absolute Gasteiger partial charge is 0.491 e. The van der Waals surface area contributed by atoms with E-state index >= 15 is 0 Å². The summed E-state index contributed by atoms with van der Waals surface area (Å²) in [6, 6.07) is 7.77. The van der Waals surface area contributed by atoms with Gasteiger partial charge in [0.05, 0.1) is 33.0 Å². The minimum absolute atomic E-state index is 0.314. The normalized spacial score (nSPS) is 11.3. The number of anilines is 1. The third-order valence-electron chi connectivity index (χ3n) is 3.59. The van der Waals surface area contributed by atoms with Gasteiger partial charge in [-0.05, 0) is 30.7 Å². The lowest BCUT2D eigenvalue weighted by molar-refractivity contribution is -0.115. The molecule has 1 N–H and O–H groups in total. The zero-order chi connectivity index (χ0) is 18.4. The van der Waals surface area contributed by atoms with Crippen molar-refractivity contribution in [1.29, 1.82) is 0 Å². The Hall–Kier alpha value is -1.63. The lowest BCUT2D eigenvalue weighted by Crippen LogP contribution is -2.17. The molecule has 0 saturated heterocycles. The van der Waals surface area contributed by atoms with Crippen molar-refractivity contribution in [2.75, 3.05) is 58.6 Å². The van der Waals surface area contributed by atoms with E-state index in [1.807, 2.05) is 45.2 Å². The topological polar surface area (TPSA) is 66.0 Å². The Labute approximate surface area is 150 Å². The van der Waals surface area contributed by atoms with Gasteiger partial charge in [-0.2, -0.15) is 0 Å². The summed E-state index contributed by atoms with van der Waals surface area (Å²) in [7, 11) is 1.88. The molecule has 1 rings (SSSR count). The molecule has 0 fully saturated rings. The van der Waals surface area contributed by atoms with Gasteiger partial charge in [-0.3, -0.25) is 0 Å². The zero-order valence-electron chi connectivity index (χ0n) is 15.6. The van der Waals surface area contributed by atoms with E-state index in [1.54, 1.807) is 0 Å². The van der Waals surface area contributed by atoms with E-state index in [-0.39, 0.29) is 5.41 Å². The van der Waals surface area contributed by atoms with Crippen LogP contribution in [0.15, 0.2) is 24.3 Å². The van der Waals surface area contributed by atoms with Crippen LogP contribution in [-0.4, -0.2) is 59.6 Å². The molecule has 1 aromatic carbocycles. The summed E-state index contributed by atoms with van der Waals surface area (Å²) < 4.78 is 21.9. The number of benzene rings is 1. The highest BCUT2D eigenvalue weighted by Crippen LogP contribution is 2.16. The Balaban J connectivity index is 1.86. The van der Waals surface area contributed by atoms with Crippen LogP contribution in [0.25, 0.3) is 0 Å². The number of aldehydes is 1. The number of rotatable bonds is 15. The summed E-state index contributed by atoms with van der Waals surface area (Å²) in [6.45, 7) is 7.51. The average molecular weight is 353 g/mol. The SMILES string of the molecule is CNc1ccc(OCCOCCOCCOCCC(C)(C)C=O)cc1. The van der Waals surface area contributed by atoms with Crippen LogP contribution in [0.1, 0.15) is 20.3 Å². The first-order valence-electron chi connectivity index (χ1n) is 8.67. The maximum absolute atomic E-state index is 10.7. The smallest absolute Gasteiger partial charge is 0.125 e. The molecule has 1 aromatic rings. The van der Waals surface area contributed by atoms with Crippen LogP contribution in [0.2, 0.25) is 0 Å². The molecule has 0 unspecified atom stereocenters. The highest BCUT2D eigenvalue weighted by atomic mass is 16.6. The van der Waals surface area contributed by atoms with Crippen LogP contribution in [-0.2, 0) is 19.0 Å². The predicted octanol–water partition coefficient (Wildman–Crippen LogP) is 2.77. The highest BCUT2D eigenvalue weighted by molar-refractivity contribution is 5.57. The van der Waals surface area contributed by atoms with E-state index < -0.39 is 0 Å². The Morgan fingerprint density at radius 3 is 1.92 bits per heavy atom. The number of carbonyl (C=O) groups is 1. The van der Waals surface area contributed by atoms with Crippen LogP contribution in [0.3, 0.4) is 0 Å². The van der Waals surface area contributed by atoms with Crippen molar-refractivity contribution in [1.82, 2.24) is 0 Å². The van der Waals surface area contributed by atoms with Crippen LogP contribution in [0.5, 0.6) is 5.75 Å². The van der Waals surface area contributed by atoms with Crippen molar-refractivity contribution >= 4 is 12.0 Å². The molecular formula is C19H31NO5. The summed E-state index contributed by atoms with van der Waals surface area (Å²) in [6.07, 6.45) is 1.68. The lowest BCUT2D eigenvalue weighted by Gasteiger charge is -2.16.